The molecule has 0 saturated carbocycles. The van der Waals surface area contributed by atoms with Crippen molar-refractivity contribution in [1.29, 1.82) is 0 Å². The maximum atomic E-state index is 13.6. The van der Waals surface area contributed by atoms with Gasteiger partial charge in [-0.2, -0.15) is 5.10 Å². The summed E-state index contributed by atoms with van der Waals surface area (Å²) < 4.78 is 30.4. The number of rotatable bonds is 9. The molecular formula is C25H27N5O4S2. The second-order valence-corrected chi connectivity index (χ2v) is 11.2. The zero-order valence-electron chi connectivity index (χ0n) is 19.9. The second kappa shape index (κ2) is 10.9. The highest BCUT2D eigenvalue weighted by molar-refractivity contribution is 7.94. The van der Waals surface area contributed by atoms with Crippen LogP contribution in [-0.4, -0.2) is 42.5 Å². The number of nitrogens with one attached hydrogen (secondary N) is 2. The summed E-state index contributed by atoms with van der Waals surface area (Å²) in [6.07, 6.45) is 0.276. The number of para-hydroxylation sites is 1. The number of thiophene rings is 1. The Morgan fingerprint density at radius 2 is 1.69 bits per heavy atom. The Bertz CT molecular complexity index is 1430. The number of nitrogens with zero attached hydrogens (tertiary/aromatic N) is 3. The lowest BCUT2D eigenvalue weighted by atomic mass is 10.2. The Kier molecular flexibility index (Phi) is 7.73. The van der Waals surface area contributed by atoms with Crippen LogP contribution in [0.4, 0.5) is 21.9 Å². The quantitative estimate of drug-likeness (QED) is 0.293. The number of anilines is 3. The summed E-state index contributed by atoms with van der Waals surface area (Å²) in [7, 11) is -2.07. The van der Waals surface area contributed by atoms with Crippen molar-refractivity contribution < 1.29 is 18.3 Å². The van der Waals surface area contributed by atoms with Gasteiger partial charge in [-0.05, 0) is 67.9 Å². The fourth-order valence-corrected chi connectivity index (χ4v) is 6.65. The number of aliphatic hydroxyl groups excluding tert-OH is 1. The molecular weight excluding hydrogens is 498 g/mol. The van der Waals surface area contributed by atoms with Crippen LogP contribution < -0.4 is 14.9 Å². The van der Waals surface area contributed by atoms with Crippen LogP contribution in [0.5, 0.6) is 0 Å². The Balaban J connectivity index is 1.54. The average molecular weight is 526 g/mol. The first-order valence-electron chi connectivity index (χ1n) is 11.3. The number of benzene rings is 2. The summed E-state index contributed by atoms with van der Waals surface area (Å²) in [6.45, 7) is 1.85. The predicted molar refractivity (Wildman–Crippen MR) is 143 cm³/mol. The zero-order valence-corrected chi connectivity index (χ0v) is 21.5. The Morgan fingerprint density at radius 3 is 2.31 bits per heavy atom. The SMILES string of the molecule is Cc1cc(-c2ccc(S(=O)(=O)N(CCCO)c3ccc(NC(=O)Nc4ccccc4)cc3)s2)n(C)n1. The molecule has 2 amide bonds. The molecule has 0 aliphatic heterocycles. The maximum Gasteiger partial charge on any atom is 0.323 e. The first kappa shape index (κ1) is 25.4. The summed E-state index contributed by atoms with van der Waals surface area (Å²) >= 11 is 1.17. The third-order valence-electron chi connectivity index (χ3n) is 5.34. The first-order valence-corrected chi connectivity index (χ1v) is 13.5. The van der Waals surface area contributed by atoms with Crippen LogP contribution in [0.15, 0.2) is 77.0 Å². The largest absolute Gasteiger partial charge is 0.396 e. The molecule has 36 heavy (non-hydrogen) atoms. The number of aryl methyl sites for hydroxylation is 2. The van der Waals surface area contributed by atoms with Gasteiger partial charge in [-0.3, -0.25) is 8.99 Å². The minimum Gasteiger partial charge on any atom is -0.396 e. The van der Waals surface area contributed by atoms with Gasteiger partial charge in [-0.15, -0.1) is 11.3 Å². The normalized spacial score (nSPS) is 11.3. The average Bonchev–Trinajstić information content (AvgIpc) is 3.47. The van der Waals surface area contributed by atoms with E-state index in [4.69, 9.17) is 0 Å². The number of aromatic nitrogens is 2. The van der Waals surface area contributed by atoms with Gasteiger partial charge in [0.2, 0.25) is 0 Å². The number of hydrogen-bond donors (Lipinski definition) is 3. The van der Waals surface area contributed by atoms with Crippen molar-refractivity contribution in [1.82, 2.24) is 9.78 Å². The highest BCUT2D eigenvalue weighted by Crippen LogP contribution is 2.34. The van der Waals surface area contributed by atoms with Gasteiger partial charge in [0.05, 0.1) is 22.0 Å². The summed E-state index contributed by atoms with van der Waals surface area (Å²) in [5.74, 6) is 0. The van der Waals surface area contributed by atoms with E-state index in [-0.39, 0.29) is 23.8 Å². The fraction of sp³-hybridized carbons (Fsp3) is 0.200. The molecule has 0 unspecified atom stereocenters. The highest BCUT2D eigenvalue weighted by atomic mass is 32.2. The van der Waals surface area contributed by atoms with E-state index in [1.165, 1.54) is 15.6 Å². The Hall–Kier alpha value is -3.67. The Labute approximate surface area is 214 Å². The van der Waals surface area contributed by atoms with Crippen molar-refractivity contribution in [3.05, 3.63) is 78.5 Å². The van der Waals surface area contributed by atoms with Crippen molar-refractivity contribution in [3.8, 4) is 10.6 Å². The number of amides is 2. The summed E-state index contributed by atoms with van der Waals surface area (Å²) in [6, 6.07) is 20.5. The molecule has 2 heterocycles. The van der Waals surface area contributed by atoms with E-state index in [2.05, 4.69) is 15.7 Å². The predicted octanol–water partition coefficient (Wildman–Crippen LogP) is 4.68. The van der Waals surface area contributed by atoms with Crippen molar-refractivity contribution in [3.63, 3.8) is 0 Å². The van der Waals surface area contributed by atoms with E-state index < -0.39 is 16.1 Å². The first-order chi connectivity index (χ1) is 17.3. The van der Waals surface area contributed by atoms with Gasteiger partial charge in [0.25, 0.3) is 10.0 Å². The molecule has 0 radical (unpaired) electrons. The number of carbonyl (C=O) groups is 1. The molecule has 0 saturated heterocycles. The van der Waals surface area contributed by atoms with E-state index in [1.54, 1.807) is 53.2 Å². The van der Waals surface area contributed by atoms with Crippen LogP contribution in [0.25, 0.3) is 10.6 Å². The second-order valence-electron chi connectivity index (χ2n) is 8.06. The zero-order chi connectivity index (χ0) is 25.7. The van der Waals surface area contributed by atoms with E-state index in [0.29, 0.717) is 17.1 Å². The minimum absolute atomic E-state index is 0.109. The van der Waals surface area contributed by atoms with E-state index in [1.807, 2.05) is 38.2 Å². The number of hydrogen-bond acceptors (Lipinski definition) is 6. The molecule has 0 bridgehead atoms. The van der Waals surface area contributed by atoms with Gasteiger partial charge in [0.1, 0.15) is 4.21 Å². The molecule has 188 valence electrons. The molecule has 4 aromatic rings. The van der Waals surface area contributed by atoms with Crippen LogP contribution in [0.3, 0.4) is 0 Å². The maximum absolute atomic E-state index is 13.6. The van der Waals surface area contributed by atoms with Crippen LogP contribution in [0.1, 0.15) is 12.1 Å². The van der Waals surface area contributed by atoms with Crippen molar-refractivity contribution in [2.45, 2.75) is 17.6 Å². The lowest BCUT2D eigenvalue weighted by Crippen LogP contribution is -2.32. The molecule has 0 fully saturated rings. The fourth-order valence-electron chi connectivity index (χ4n) is 3.67. The monoisotopic (exact) mass is 525 g/mol. The van der Waals surface area contributed by atoms with E-state index >= 15 is 0 Å². The van der Waals surface area contributed by atoms with Gasteiger partial charge in [0.15, 0.2) is 0 Å². The van der Waals surface area contributed by atoms with Gasteiger partial charge in [-0.1, -0.05) is 18.2 Å². The van der Waals surface area contributed by atoms with Crippen LogP contribution in [-0.2, 0) is 17.1 Å². The van der Waals surface area contributed by atoms with Gasteiger partial charge >= 0.3 is 6.03 Å². The summed E-state index contributed by atoms with van der Waals surface area (Å²) in [5, 5.41) is 19.2. The third-order valence-corrected chi connectivity index (χ3v) is 8.75. The number of sulfonamides is 1. The van der Waals surface area contributed by atoms with Gasteiger partial charge < -0.3 is 15.7 Å². The van der Waals surface area contributed by atoms with Crippen molar-refractivity contribution >= 4 is 44.5 Å². The van der Waals surface area contributed by atoms with Crippen LogP contribution in [0, 0.1) is 6.92 Å². The molecule has 0 spiro atoms. The molecule has 0 aliphatic rings. The molecule has 3 N–H and O–H groups in total. The molecule has 0 aliphatic carbocycles. The molecule has 9 nitrogen and oxygen atoms in total. The summed E-state index contributed by atoms with van der Waals surface area (Å²) in [5.41, 5.74) is 3.29. The lowest BCUT2D eigenvalue weighted by molar-refractivity contribution is 0.262. The van der Waals surface area contributed by atoms with Crippen molar-refractivity contribution in [2.75, 3.05) is 28.1 Å². The Morgan fingerprint density at radius 1 is 1.03 bits per heavy atom. The lowest BCUT2D eigenvalue weighted by Gasteiger charge is -2.23. The van der Waals surface area contributed by atoms with Crippen molar-refractivity contribution in [2.24, 2.45) is 7.05 Å². The van der Waals surface area contributed by atoms with Gasteiger partial charge in [-0.25, -0.2) is 13.2 Å². The molecule has 11 heteroatoms. The van der Waals surface area contributed by atoms with Crippen LogP contribution in [0.2, 0.25) is 0 Å². The standard InChI is InChI=1S/C25H27N5O4S2/c1-18-17-22(29(2)28-18)23-13-14-24(35-23)36(33,34)30(15-6-16-31)21-11-9-20(10-12-21)27-25(32)26-19-7-4-3-5-8-19/h3-5,7-14,17,31H,6,15-16H2,1-2H3,(H2,26,27,32). The number of carbonyl (C=O) groups excluding carboxylic acids is 1. The van der Waals surface area contributed by atoms with Gasteiger partial charge in [0, 0.05) is 31.6 Å². The van der Waals surface area contributed by atoms with Crippen LogP contribution >= 0.6 is 11.3 Å². The molecule has 2 aromatic carbocycles. The molecule has 0 atom stereocenters. The topological polar surface area (TPSA) is 117 Å². The highest BCUT2D eigenvalue weighted by Gasteiger charge is 2.27. The number of urea groups is 1. The molecule has 4 rings (SSSR count). The van der Waals surface area contributed by atoms with E-state index in [0.717, 1.165) is 16.3 Å². The molecule has 2 aromatic heterocycles. The summed E-state index contributed by atoms with van der Waals surface area (Å²) in [4.78, 5) is 13.1. The third kappa shape index (κ3) is 5.76. The number of aliphatic hydroxyl groups is 1. The smallest absolute Gasteiger partial charge is 0.323 e. The van der Waals surface area contributed by atoms with E-state index in [9.17, 15) is 18.3 Å². The minimum atomic E-state index is -3.88.